The third-order valence-corrected chi connectivity index (χ3v) is 3.88. The molecule has 0 bridgehead atoms. The van der Waals surface area contributed by atoms with Crippen LogP contribution in [0.15, 0.2) is 47.4 Å². The van der Waals surface area contributed by atoms with Gasteiger partial charge in [-0.1, -0.05) is 24.3 Å². The standard InChI is InChI=1S/C15H12FNS/c1-11-4-2-3-5-15(11)18-10-13-7-6-12(9-17)8-14(13)16/h2-8H,10H2,1H3. The van der Waals surface area contributed by atoms with Crippen molar-refractivity contribution in [3.8, 4) is 6.07 Å². The van der Waals surface area contributed by atoms with Crippen molar-refractivity contribution in [2.75, 3.05) is 0 Å². The third-order valence-electron chi connectivity index (χ3n) is 2.66. The van der Waals surface area contributed by atoms with Gasteiger partial charge in [0, 0.05) is 10.6 Å². The normalized spacial score (nSPS) is 10.1. The first-order chi connectivity index (χ1) is 8.70. The summed E-state index contributed by atoms with van der Waals surface area (Å²) < 4.78 is 13.7. The van der Waals surface area contributed by atoms with Crippen LogP contribution < -0.4 is 0 Å². The van der Waals surface area contributed by atoms with Gasteiger partial charge in [-0.3, -0.25) is 0 Å². The number of hydrogen-bond acceptors (Lipinski definition) is 2. The van der Waals surface area contributed by atoms with Crippen LogP contribution in [0.3, 0.4) is 0 Å². The molecule has 0 aromatic heterocycles. The van der Waals surface area contributed by atoms with E-state index in [1.165, 1.54) is 11.6 Å². The number of rotatable bonds is 3. The maximum atomic E-state index is 13.7. The lowest BCUT2D eigenvalue weighted by molar-refractivity contribution is 0.617. The maximum Gasteiger partial charge on any atom is 0.128 e. The molecule has 0 heterocycles. The lowest BCUT2D eigenvalue weighted by Crippen LogP contribution is -1.89. The zero-order valence-corrected chi connectivity index (χ0v) is 10.8. The first-order valence-corrected chi connectivity index (χ1v) is 6.56. The van der Waals surface area contributed by atoms with E-state index in [0.29, 0.717) is 16.9 Å². The van der Waals surface area contributed by atoms with Crippen LogP contribution in [0.1, 0.15) is 16.7 Å². The summed E-state index contributed by atoms with van der Waals surface area (Å²) in [7, 11) is 0. The first-order valence-electron chi connectivity index (χ1n) is 5.57. The molecular weight excluding hydrogens is 245 g/mol. The molecule has 0 fully saturated rings. The van der Waals surface area contributed by atoms with E-state index in [9.17, 15) is 4.39 Å². The molecule has 0 aliphatic carbocycles. The number of halogens is 1. The molecule has 0 N–H and O–H groups in total. The number of thioether (sulfide) groups is 1. The molecule has 0 amide bonds. The largest absolute Gasteiger partial charge is 0.207 e. The van der Waals surface area contributed by atoms with E-state index < -0.39 is 0 Å². The average molecular weight is 257 g/mol. The molecule has 1 nitrogen and oxygen atoms in total. The van der Waals surface area contributed by atoms with Gasteiger partial charge >= 0.3 is 0 Å². The topological polar surface area (TPSA) is 23.8 Å². The molecule has 0 saturated heterocycles. The Bertz CT molecular complexity index is 602. The Morgan fingerprint density at radius 3 is 2.67 bits per heavy atom. The fraction of sp³-hybridized carbons (Fsp3) is 0.133. The lowest BCUT2D eigenvalue weighted by Gasteiger charge is -2.06. The van der Waals surface area contributed by atoms with Gasteiger partial charge in [-0.2, -0.15) is 5.26 Å². The molecule has 0 aliphatic rings. The van der Waals surface area contributed by atoms with Gasteiger partial charge in [0.1, 0.15) is 5.82 Å². The van der Waals surface area contributed by atoms with Crippen molar-refractivity contribution in [3.05, 3.63) is 65.0 Å². The highest BCUT2D eigenvalue weighted by Crippen LogP contribution is 2.26. The summed E-state index contributed by atoms with van der Waals surface area (Å²) in [6.07, 6.45) is 0. The van der Waals surface area contributed by atoms with Crippen LogP contribution in [0.2, 0.25) is 0 Å². The van der Waals surface area contributed by atoms with E-state index in [1.54, 1.807) is 23.9 Å². The van der Waals surface area contributed by atoms with Crippen LogP contribution in [0.5, 0.6) is 0 Å². The van der Waals surface area contributed by atoms with Crippen molar-refractivity contribution >= 4 is 11.8 Å². The molecule has 0 radical (unpaired) electrons. The van der Waals surface area contributed by atoms with E-state index in [2.05, 4.69) is 0 Å². The zero-order chi connectivity index (χ0) is 13.0. The lowest BCUT2D eigenvalue weighted by atomic mass is 10.1. The van der Waals surface area contributed by atoms with Gasteiger partial charge in [0.25, 0.3) is 0 Å². The van der Waals surface area contributed by atoms with E-state index in [-0.39, 0.29) is 5.82 Å². The number of nitrogens with zero attached hydrogens (tertiary/aromatic N) is 1. The Kier molecular flexibility index (Phi) is 4.01. The average Bonchev–Trinajstić information content (AvgIpc) is 2.39. The van der Waals surface area contributed by atoms with E-state index >= 15 is 0 Å². The van der Waals surface area contributed by atoms with Crippen LogP contribution in [-0.4, -0.2) is 0 Å². The Hall–Kier alpha value is -1.79. The molecule has 0 spiro atoms. The molecule has 90 valence electrons. The molecule has 2 aromatic carbocycles. The quantitative estimate of drug-likeness (QED) is 0.765. The summed E-state index contributed by atoms with van der Waals surface area (Å²) in [5.41, 5.74) is 2.18. The molecule has 18 heavy (non-hydrogen) atoms. The second-order valence-electron chi connectivity index (χ2n) is 3.97. The van der Waals surface area contributed by atoms with Crippen molar-refractivity contribution in [1.82, 2.24) is 0 Å². The van der Waals surface area contributed by atoms with Gasteiger partial charge in [0.2, 0.25) is 0 Å². The van der Waals surface area contributed by atoms with Gasteiger partial charge in [-0.15, -0.1) is 11.8 Å². The summed E-state index contributed by atoms with van der Waals surface area (Å²) in [5, 5.41) is 8.68. The Morgan fingerprint density at radius 1 is 1.22 bits per heavy atom. The maximum absolute atomic E-state index is 13.7. The van der Waals surface area contributed by atoms with Gasteiger partial charge in [0.05, 0.1) is 11.6 Å². The highest BCUT2D eigenvalue weighted by molar-refractivity contribution is 7.98. The molecule has 3 heteroatoms. The van der Waals surface area contributed by atoms with Crippen LogP contribution in [-0.2, 0) is 5.75 Å². The Morgan fingerprint density at radius 2 is 2.00 bits per heavy atom. The SMILES string of the molecule is Cc1ccccc1SCc1ccc(C#N)cc1F. The summed E-state index contributed by atoms with van der Waals surface area (Å²) in [6.45, 7) is 2.04. The minimum Gasteiger partial charge on any atom is -0.207 e. The molecule has 0 atom stereocenters. The minimum atomic E-state index is -0.310. The van der Waals surface area contributed by atoms with Crippen molar-refractivity contribution in [1.29, 1.82) is 5.26 Å². The van der Waals surface area contributed by atoms with Crippen LogP contribution in [0.4, 0.5) is 4.39 Å². The molecule has 2 rings (SSSR count). The first kappa shape index (κ1) is 12.7. The van der Waals surface area contributed by atoms with Crippen molar-refractivity contribution < 1.29 is 4.39 Å². The second kappa shape index (κ2) is 5.70. The summed E-state index contributed by atoms with van der Waals surface area (Å²) in [5.74, 6) is 0.262. The summed E-state index contributed by atoms with van der Waals surface area (Å²) >= 11 is 1.60. The fourth-order valence-electron chi connectivity index (χ4n) is 1.61. The molecule has 0 saturated carbocycles. The zero-order valence-electron chi connectivity index (χ0n) is 9.98. The van der Waals surface area contributed by atoms with Gasteiger partial charge in [-0.05, 0) is 36.2 Å². The van der Waals surface area contributed by atoms with Gasteiger partial charge < -0.3 is 0 Å². The minimum absolute atomic E-state index is 0.310. The Balaban J connectivity index is 2.12. The number of aryl methyl sites for hydroxylation is 1. The van der Waals surface area contributed by atoms with E-state index in [1.807, 2.05) is 37.3 Å². The monoisotopic (exact) mass is 257 g/mol. The van der Waals surface area contributed by atoms with Gasteiger partial charge in [-0.25, -0.2) is 4.39 Å². The number of benzene rings is 2. The second-order valence-corrected chi connectivity index (χ2v) is 4.99. The predicted molar refractivity (Wildman–Crippen MR) is 71.9 cm³/mol. The highest BCUT2D eigenvalue weighted by atomic mass is 32.2. The van der Waals surface area contributed by atoms with Crippen molar-refractivity contribution in [2.45, 2.75) is 17.6 Å². The smallest absolute Gasteiger partial charge is 0.128 e. The Labute approximate surface area is 110 Å². The van der Waals surface area contributed by atoms with Crippen LogP contribution >= 0.6 is 11.8 Å². The fourth-order valence-corrected chi connectivity index (χ4v) is 2.62. The number of nitriles is 1. The van der Waals surface area contributed by atoms with Crippen LogP contribution in [0.25, 0.3) is 0 Å². The van der Waals surface area contributed by atoms with E-state index in [0.717, 1.165) is 4.90 Å². The molecule has 2 aromatic rings. The molecular formula is C15H12FNS. The molecule has 0 aliphatic heterocycles. The van der Waals surface area contributed by atoms with Gasteiger partial charge in [0.15, 0.2) is 0 Å². The van der Waals surface area contributed by atoms with E-state index in [4.69, 9.17) is 5.26 Å². The van der Waals surface area contributed by atoms with Crippen LogP contribution in [0, 0.1) is 24.1 Å². The van der Waals surface area contributed by atoms with Crippen molar-refractivity contribution in [3.63, 3.8) is 0 Å². The third kappa shape index (κ3) is 2.91. The summed E-state index contributed by atoms with van der Waals surface area (Å²) in [4.78, 5) is 1.15. The predicted octanol–water partition coefficient (Wildman–Crippen LogP) is 4.30. The molecule has 0 unspecified atom stereocenters. The summed E-state index contributed by atoms with van der Waals surface area (Å²) in [6, 6.07) is 14.6. The number of hydrogen-bond donors (Lipinski definition) is 0. The van der Waals surface area contributed by atoms with Crippen molar-refractivity contribution in [2.24, 2.45) is 0 Å². The highest BCUT2D eigenvalue weighted by Gasteiger charge is 2.05.